The van der Waals surface area contributed by atoms with Crippen molar-refractivity contribution in [3.63, 3.8) is 0 Å². The summed E-state index contributed by atoms with van der Waals surface area (Å²) in [4.78, 5) is 12.4. The zero-order valence-electron chi connectivity index (χ0n) is 12.0. The Hall–Kier alpha value is -1.90. The molecule has 2 rings (SSSR count). The van der Waals surface area contributed by atoms with Crippen molar-refractivity contribution in [2.75, 3.05) is 0 Å². The van der Waals surface area contributed by atoms with Gasteiger partial charge in [0.05, 0.1) is 11.3 Å². The average molecular weight is 256 g/mol. The minimum absolute atomic E-state index is 0.146. The summed E-state index contributed by atoms with van der Waals surface area (Å²) in [6.07, 6.45) is 3.05. The van der Waals surface area contributed by atoms with E-state index in [1.54, 1.807) is 4.68 Å². The molecule has 0 bridgehead atoms. The first-order chi connectivity index (χ1) is 9.01. The predicted molar refractivity (Wildman–Crippen MR) is 76.5 cm³/mol. The quantitative estimate of drug-likeness (QED) is 0.788. The van der Waals surface area contributed by atoms with E-state index < -0.39 is 0 Å². The second kappa shape index (κ2) is 5.39. The van der Waals surface area contributed by atoms with Crippen LogP contribution in [0.5, 0.6) is 0 Å². The number of ketones is 1. The number of hydrogen-bond acceptors (Lipinski definition) is 2. The second-order valence-electron chi connectivity index (χ2n) is 5.04. The van der Waals surface area contributed by atoms with Crippen LogP contribution < -0.4 is 0 Å². The maximum absolute atomic E-state index is 12.4. The van der Waals surface area contributed by atoms with E-state index in [1.165, 1.54) is 11.1 Å². The standard InChI is InChI=1S/C16H20N2O/c1-5-15-14(10-18(4)17-15)16(19)9-13-7-6-11(2)12(3)8-13/h6-8,10H,5,9H2,1-4H3. The third-order valence-electron chi connectivity index (χ3n) is 3.48. The van der Waals surface area contributed by atoms with Crippen LogP contribution in [0, 0.1) is 13.8 Å². The Kier molecular flexibility index (Phi) is 3.84. The van der Waals surface area contributed by atoms with Gasteiger partial charge in [-0.25, -0.2) is 0 Å². The van der Waals surface area contributed by atoms with Crippen LogP contribution in [-0.4, -0.2) is 15.6 Å². The minimum atomic E-state index is 0.146. The molecule has 0 spiro atoms. The average Bonchev–Trinajstić information content (AvgIpc) is 2.75. The van der Waals surface area contributed by atoms with Crippen LogP contribution in [0.3, 0.4) is 0 Å². The summed E-state index contributed by atoms with van der Waals surface area (Å²) in [5.41, 5.74) is 5.19. The number of aryl methyl sites for hydroxylation is 4. The fourth-order valence-electron chi connectivity index (χ4n) is 2.22. The van der Waals surface area contributed by atoms with Gasteiger partial charge in [0.1, 0.15) is 0 Å². The van der Waals surface area contributed by atoms with Crippen LogP contribution in [0.1, 0.15) is 39.7 Å². The number of benzene rings is 1. The monoisotopic (exact) mass is 256 g/mol. The molecule has 0 saturated heterocycles. The van der Waals surface area contributed by atoms with Crippen molar-refractivity contribution in [3.05, 3.63) is 52.3 Å². The lowest BCUT2D eigenvalue weighted by atomic mass is 9.99. The largest absolute Gasteiger partial charge is 0.294 e. The van der Waals surface area contributed by atoms with Crippen LogP contribution in [0.15, 0.2) is 24.4 Å². The summed E-state index contributed by atoms with van der Waals surface area (Å²) >= 11 is 0. The Morgan fingerprint density at radius 1 is 1.26 bits per heavy atom. The van der Waals surface area contributed by atoms with E-state index in [4.69, 9.17) is 0 Å². The third kappa shape index (κ3) is 2.92. The molecule has 1 heterocycles. The van der Waals surface area contributed by atoms with E-state index in [0.29, 0.717) is 6.42 Å². The minimum Gasteiger partial charge on any atom is -0.294 e. The van der Waals surface area contributed by atoms with Gasteiger partial charge in [-0.15, -0.1) is 0 Å². The zero-order chi connectivity index (χ0) is 14.0. The maximum atomic E-state index is 12.4. The molecule has 0 saturated carbocycles. The van der Waals surface area contributed by atoms with Gasteiger partial charge in [-0.05, 0) is 37.0 Å². The molecule has 2 aromatic rings. The Morgan fingerprint density at radius 2 is 2.00 bits per heavy atom. The third-order valence-corrected chi connectivity index (χ3v) is 3.48. The SMILES string of the molecule is CCc1nn(C)cc1C(=O)Cc1ccc(C)c(C)c1. The molecule has 0 atom stereocenters. The van der Waals surface area contributed by atoms with Gasteiger partial charge in [0, 0.05) is 19.7 Å². The van der Waals surface area contributed by atoms with E-state index in [9.17, 15) is 4.79 Å². The highest BCUT2D eigenvalue weighted by molar-refractivity contribution is 5.98. The molecule has 100 valence electrons. The number of aromatic nitrogens is 2. The summed E-state index contributed by atoms with van der Waals surface area (Å²) in [6.45, 7) is 6.18. The molecule has 0 aliphatic heterocycles. The van der Waals surface area contributed by atoms with Gasteiger partial charge >= 0.3 is 0 Å². The van der Waals surface area contributed by atoms with Gasteiger partial charge in [-0.1, -0.05) is 25.1 Å². The lowest BCUT2D eigenvalue weighted by molar-refractivity contribution is 0.0992. The van der Waals surface area contributed by atoms with Gasteiger partial charge in [0.2, 0.25) is 0 Å². The molecule has 0 N–H and O–H groups in total. The highest BCUT2D eigenvalue weighted by Gasteiger charge is 2.14. The van der Waals surface area contributed by atoms with E-state index in [2.05, 4.69) is 31.1 Å². The van der Waals surface area contributed by atoms with E-state index in [1.807, 2.05) is 26.2 Å². The Morgan fingerprint density at radius 3 is 2.63 bits per heavy atom. The first kappa shape index (κ1) is 13.5. The Bertz CT molecular complexity index is 611. The Balaban J connectivity index is 2.22. The van der Waals surface area contributed by atoms with Gasteiger partial charge in [0.25, 0.3) is 0 Å². The summed E-state index contributed by atoms with van der Waals surface area (Å²) in [5.74, 6) is 0.146. The van der Waals surface area contributed by atoms with Crippen LogP contribution in [-0.2, 0) is 19.9 Å². The smallest absolute Gasteiger partial charge is 0.170 e. The van der Waals surface area contributed by atoms with Crippen LogP contribution in [0.2, 0.25) is 0 Å². The number of hydrogen-bond donors (Lipinski definition) is 0. The summed E-state index contributed by atoms with van der Waals surface area (Å²) in [7, 11) is 1.85. The highest BCUT2D eigenvalue weighted by Crippen LogP contribution is 2.15. The molecule has 0 amide bonds. The molecule has 19 heavy (non-hydrogen) atoms. The van der Waals surface area contributed by atoms with Crippen molar-refractivity contribution in [3.8, 4) is 0 Å². The molecule has 3 heteroatoms. The van der Waals surface area contributed by atoms with Gasteiger partial charge in [-0.2, -0.15) is 5.10 Å². The Labute approximate surface area is 114 Å². The number of rotatable bonds is 4. The number of carbonyl (C=O) groups is 1. The number of carbonyl (C=O) groups excluding carboxylic acids is 1. The summed E-state index contributed by atoms with van der Waals surface area (Å²) in [5, 5.41) is 4.32. The molecule has 0 fully saturated rings. The lowest BCUT2D eigenvalue weighted by Crippen LogP contribution is -2.05. The maximum Gasteiger partial charge on any atom is 0.170 e. The molecule has 0 unspecified atom stereocenters. The molecule has 0 radical (unpaired) electrons. The fraction of sp³-hybridized carbons (Fsp3) is 0.375. The first-order valence-corrected chi connectivity index (χ1v) is 6.63. The van der Waals surface area contributed by atoms with Crippen molar-refractivity contribution < 1.29 is 4.79 Å². The highest BCUT2D eigenvalue weighted by atomic mass is 16.1. The van der Waals surface area contributed by atoms with E-state index in [0.717, 1.165) is 23.2 Å². The van der Waals surface area contributed by atoms with Crippen molar-refractivity contribution in [1.29, 1.82) is 0 Å². The normalized spacial score (nSPS) is 10.7. The van der Waals surface area contributed by atoms with Crippen molar-refractivity contribution in [2.24, 2.45) is 7.05 Å². The van der Waals surface area contributed by atoms with Gasteiger partial charge < -0.3 is 0 Å². The molecule has 1 aromatic carbocycles. The van der Waals surface area contributed by atoms with E-state index in [-0.39, 0.29) is 5.78 Å². The van der Waals surface area contributed by atoms with Gasteiger partial charge in [-0.3, -0.25) is 9.48 Å². The zero-order valence-corrected chi connectivity index (χ0v) is 12.0. The molecular formula is C16H20N2O. The van der Waals surface area contributed by atoms with Crippen LogP contribution >= 0.6 is 0 Å². The van der Waals surface area contributed by atoms with Crippen molar-refractivity contribution >= 4 is 5.78 Å². The predicted octanol–water partition coefficient (Wildman–Crippen LogP) is 3.02. The topological polar surface area (TPSA) is 34.9 Å². The second-order valence-corrected chi connectivity index (χ2v) is 5.04. The molecule has 1 aromatic heterocycles. The van der Waals surface area contributed by atoms with E-state index >= 15 is 0 Å². The van der Waals surface area contributed by atoms with Crippen LogP contribution in [0.25, 0.3) is 0 Å². The molecular weight excluding hydrogens is 236 g/mol. The molecule has 0 aliphatic rings. The number of nitrogens with zero attached hydrogens (tertiary/aromatic N) is 2. The molecule has 0 aliphatic carbocycles. The molecule has 3 nitrogen and oxygen atoms in total. The summed E-state index contributed by atoms with van der Waals surface area (Å²) < 4.78 is 1.71. The fourth-order valence-corrected chi connectivity index (χ4v) is 2.22. The van der Waals surface area contributed by atoms with Crippen molar-refractivity contribution in [2.45, 2.75) is 33.6 Å². The lowest BCUT2D eigenvalue weighted by Gasteiger charge is -2.04. The summed E-state index contributed by atoms with van der Waals surface area (Å²) in [6, 6.07) is 6.19. The van der Waals surface area contributed by atoms with Crippen LogP contribution in [0.4, 0.5) is 0 Å². The first-order valence-electron chi connectivity index (χ1n) is 6.63. The number of Topliss-reactive ketones (excluding diaryl/α,β-unsaturated/α-hetero) is 1. The van der Waals surface area contributed by atoms with Gasteiger partial charge in [0.15, 0.2) is 5.78 Å². The van der Waals surface area contributed by atoms with Crippen molar-refractivity contribution in [1.82, 2.24) is 9.78 Å².